The molecular formula is C17H19N3O5S. The molecular weight excluding hydrogens is 358 g/mol. The normalized spacial score (nSPS) is 12.7. The van der Waals surface area contributed by atoms with Crippen LogP contribution in [0.25, 0.3) is 0 Å². The number of benzene rings is 1. The van der Waals surface area contributed by atoms with Gasteiger partial charge >= 0.3 is 0 Å². The van der Waals surface area contributed by atoms with E-state index in [9.17, 15) is 13.2 Å². The third-order valence-corrected chi connectivity index (χ3v) is 4.97. The van der Waals surface area contributed by atoms with Gasteiger partial charge in [-0.2, -0.15) is 0 Å². The zero-order chi connectivity index (χ0) is 18.6. The van der Waals surface area contributed by atoms with E-state index in [1.807, 2.05) is 6.07 Å². The zero-order valence-electron chi connectivity index (χ0n) is 14.2. The summed E-state index contributed by atoms with van der Waals surface area (Å²) in [4.78, 5) is 16.2. The van der Waals surface area contributed by atoms with Crippen LogP contribution in [0.5, 0.6) is 11.5 Å². The van der Waals surface area contributed by atoms with Crippen molar-refractivity contribution >= 4 is 21.6 Å². The van der Waals surface area contributed by atoms with Crippen LogP contribution in [0.4, 0.5) is 5.69 Å². The van der Waals surface area contributed by atoms with Gasteiger partial charge in [-0.1, -0.05) is 6.07 Å². The Labute approximate surface area is 151 Å². The van der Waals surface area contributed by atoms with Crippen molar-refractivity contribution in [2.75, 3.05) is 23.9 Å². The van der Waals surface area contributed by atoms with E-state index in [1.54, 1.807) is 36.5 Å². The Kier molecular flexibility index (Phi) is 5.27. The number of aromatic nitrogens is 1. The average molecular weight is 377 g/mol. The first-order valence-electron chi connectivity index (χ1n) is 7.97. The molecule has 2 heterocycles. The number of rotatable bonds is 7. The van der Waals surface area contributed by atoms with Crippen LogP contribution in [-0.4, -0.2) is 38.9 Å². The number of amides is 1. The number of anilines is 1. The fraction of sp³-hybridized carbons (Fsp3) is 0.294. The van der Waals surface area contributed by atoms with Crippen molar-refractivity contribution in [3.8, 4) is 11.5 Å². The van der Waals surface area contributed by atoms with Crippen LogP contribution in [0.3, 0.4) is 0 Å². The highest BCUT2D eigenvalue weighted by molar-refractivity contribution is 7.92. The largest absolute Gasteiger partial charge is 0.454 e. The van der Waals surface area contributed by atoms with Crippen molar-refractivity contribution in [2.24, 2.45) is 0 Å². The Hall–Kier alpha value is -2.81. The molecule has 0 aliphatic carbocycles. The minimum Gasteiger partial charge on any atom is -0.454 e. The van der Waals surface area contributed by atoms with Crippen LogP contribution in [0.2, 0.25) is 0 Å². The maximum absolute atomic E-state index is 12.1. The summed E-state index contributed by atoms with van der Waals surface area (Å²) in [6.45, 7) is 0.419. The summed E-state index contributed by atoms with van der Waals surface area (Å²) in [6.07, 6.45) is 2.77. The summed E-state index contributed by atoms with van der Waals surface area (Å²) >= 11 is 0. The second kappa shape index (κ2) is 7.61. The summed E-state index contributed by atoms with van der Waals surface area (Å²) in [6, 6.07) is 10.3. The van der Waals surface area contributed by atoms with Crippen molar-refractivity contribution < 1.29 is 22.7 Å². The number of hydrogen-bond acceptors (Lipinski definition) is 6. The van der Waals surface area contributed by atoms with Gasteiger partial charge in [-0.15, -0.1) is 0 Å². The lowest BCUT2D eigenvalue weighted by Crippen LogP contribution is -2.34. The van der Waals surface area contributed by atoms with E-state index in [-0.39, 0.29) is 25.7 Å². The number of sulfonamides is 1. The molecule has 0 radical (unpaired) electrons. The highest BCUT2D eigenvalue weighted by Crippen LogP contribution is 2.36. The lowest BCUT2D eigenvalue weighted by molar-refractivity contribution is -0.121. The van der Waals surface area contributed by atoms with E-state index >= 15 is 0 Å². The van der Waals surface area contributed by atoms with E-state index in [0.717, 1.165) is 11.9 Å². The standard InChI is InChI=1S/C17H19N3O5S/c1-26(22,23)20(14-5-6-15-16(10-14)25-12-24-15)9-7-17(21)19-11-13-4-2-3-8-18-13/h2-6,8,10H,7,9,11-12H2,1H3,(H,19,21). The van der Waals surface area contributed by atoms with Crippen molar-refractivity contribution in [2.45, 2.75) is 13.0 Å². The summed E-state index contributed by atoms with van der Waals surface area (Å²) in [7, 11) is -3.55. The molecule has 1 aromatic heterocycles. The van der Waals surface area contributed by atoms with Gasteiger partial charge in [-0.3, -0.25) is 14.1 Å². The van der Waals surface area contributed by atoms with Crippen LogP contribution in [-0.2, 0) is 21.4 Å². The third kappa shape index (κ3) is 4.42. The number of ether oxygens (including phenoxy) is 2. The minimum absolute atomic E-state index is 0.0204. The van der Waals surface area contributed by atoms with Crippen molar-refractivity contribution in [1.29, 1.82) is 0 Å². The highest BCUT2D eigenvalue weighted by atomic mass is 32.2. The average Bonchev–Trinajstić information content (AvgIpc) is 3.08. The summed E-state index contributed by atoms with van der Waals surface area (Å²) in [5.41, 5.74) is 1.16. The Morgan fingerprint density at radius 2 is 2.04 bits per heavy atom. The zero-order valence-corrected chi connectivity index (χ0v) is 15.0. The minimum atomic E-state index is -3.55. The Balaban J connectivity index is 1.63. The molecule has 0 saturated carbocycles. The lowest BCUT2D eigenvalue weighted by Gasteiger charge is -2.22. The topological polar surface area (TPSA) is 97.8 Å². The van der Waals surface area contributed by atoms with E-state index in [1.165, 1.54) is 4.31 Å². The molecule has 0 saturated heterocycles. The maximum Gasteiger partial charge on any atom is 0.232 e. The van der Waals surface area contributed by atoms with Gasteiger partial charge in [0, 0.05) is 25.2 Å². The number of pyridine rings is 1. The van der Waals surface area contributed by atoms with E-state index < -0.39 is 10.0 Å². The molecule has 1 N–H and O–H groups in total. The van der Waals surface area contributed by atoms with Crippen molar-refractivity contribution in [3.63, 3.8) is 0 Å². The first-order valence-corrected chi connectivity index (χ1v) is 9.82. The number of carbonyl (C=O) groups is 1. The van der Waals surface area contributed by atoms with Crippen LogP contribution in [0.1, 0.15) is 12.1 Å². The Morgan fingerprint density at radius 3 is 2.77 bits per heavy atom. The Bertz CT molecular complexity index is 887. The molecule has 8 nitrogen and oxygen atoms in total. The summed E-state index contributed by atoms with van der Waals surface area (Å²) in [5.74, 6) is 0.788. The molecule has 1 amide bonds. The van der Waals surface area contributed by atoms with Gasteiger partial charge in [0.25, 0.3) is 0 Å². The van der Waals surface area contributed by atoms with Gasteiger partial charge in [0.2, 0.25) is 22.7 Å². The number of nitrogens with zero attached hydrogens (tertiary/aromatic N) is 2. The molecule has 0 spiro atoms. The van der Waals surface area contributed by atoms with Gasteiger partial charge in [0.1, 0.15) is 0 Å². The monoisotopic (exact) mass is 377 g/mol. The molecule has 1 aromatic carbocycles. The summed E-state index contributed by atoms with van der Waals surface area (Å²) in [5, 5.41) is 2.73. The predicted octanol–water partition coefficient (Wildman–Crippen LogP) is 1.28. The maximum atomic E-state index is 12.1. The molecule has 9 heteroatoms. The van der Waals surface area contributed by atoms with Crippen LogP contribution >= 0.6 is 0 Å². The SMILES string of the molecule is CS(=O)(=O)N(CCC(=O)NCc1ccccn1)c1ccc2c(c1)OCO2. The molecule has 138 valence electrons. The molecule has 3 rings (SSSR count). The second-order valence-corrected chi connectivity index (χ2v) is 7.63. The predicted molar refractivity (Wildman–Crippen MR) is 95.5 cm³/mol. The van der Waals surface area contributed by atoms with Gasteiger partial charge in [0.05, 0.1) is 24.2 Å². The number of nitrogens with one attached hydrogen (secondary N) is 1. The fourth-order valence-electron chi connectivity index (χ4n) is 2.51. The molecule has 0 atom stereocenters. The van der Waals surface area contributed by atoms with E-state index in [2.05, 4.69) is 10.3 Å². The van der Waals surface area contributed by atoms with Crippen molar-refractivity contribution in [1.82, 2.24) is 10.3 Å². The molecule has 26 heavy (non-hydrogen) atoms. The van der Waals surface area contributed by atoms with Gasteiger partial charge in [-0.25, -0.2) is 8.42 Å². The lowest BCUT2D eigenvalue weighted by atomic mass is 10.2. The van der Waals surface area contributed by atoms with E-state index in [4.69, 9.17) is 9.47 Å². The first kappa shape index (κ1) is 18.0. The molecule has 1 aliphatic rings. The third-order valence-electron chi connectivity index (χ3n) is 3.78. The van der Waals surface area contributed by atoms with Crippen LogP contribution in [0, 0.1) is 0 Å². The van der Waals surface area contributed by atoms with Crippen LogP contribution in [0.15, 0.2) is 42.6 Å². The molecule has 1 aliphatic heterocycles. The fourth-order valence-corrected chi connectivity index (χ4v) is 3.43. The molecule has 0 unspecified atom stereocenters. The highest BCUT2D eigenvalue weighted by Gasteiger charge is 2.22. The van der Waals surface area contributed by atoms with Gasteiger partial charge in [0.15, 0.2) is 11.5 Å². The quantitative estimate of drug-likeness (QED) is 0.781. The number of hydrogen-bond donors (Lipinski definition) is 1. The van der Waals surface area contributed by atoms with Crippen molar-refractivity contribution in [3.05, 3.63) is 48.3 Å². The molecule has 0 fully saturated rings. The van der Waals surface area contributed by atoms with Gasteiger partial charge in [-0.05, 0) is 24.3 Å². The molecule has 2 aromatic rings. The summed E-state index contributed by atoms with van der Waals surface area (Å²) < 4.78 is 36.0. The second-order valence-electron chi connectivity index (χ2n) is 5.72. The van der Waals surface area contributed by atoms with Gasteiger partial charge < -0.3 is 14.8 Å². The smallest absolute Gasteiger partial charge is 0.232 e. The van der Waals surface area contributed by atoms with Crippen LogP contribution < -0.4 is 19.1 Å². The molecule has 0 bridgehead atoms. The van der Waals surface area contributed by atoms with E-state index in [0.29, 0.717) is 23.7 Å². The number of fused-ring (bicyclic) bond motifs is 1. The first-order chi connectivity index (χ1) is 12.4. The Morgan fingerprint density at radius 1 is 1.23 bits per heavy atom. The number of carbonyl (C=O) groups excluding carboxylic acids is 1.